The third kappa shape index (κ3) is 1.72. The Morgan fingerprint density at radius 3 is 1.56 bits per heavy atom. The van der Waals surface area contributed by atoms with E-state index in [1.54, 1.807) is 0 Å². The molecule has 3 aliphatic carbocycles. The van der Waals surface area contributed by atoms with Gasteiger partial charge < -0.3 is 5.11 Å². The summed E-state index contributed by atoms with van der Waals surface area (Å²) in [6, 6.07) is 0. The van der Waals surface area contributed by atoms with E-state index in [1.165, 1.54) is 51.4 Å². The summed E-state index contributed by atoms with van der Waals surface area (Å²) in [5, 5.41) is 9.31. The van der Waals surface area contributed by atoms with Crippen LogP contribution >= 0.6 is 0 Å². The van der Waals surface area contributed by atoms with Crippen LogP contribution in [0.3, 0.4) is 0 Å². The minimum Gasteiger partial charge on any atom is -0.396 e. The SMILES string of the molecule is OCCC1C2CCCCC2C2CCCCC12. The third-order valence-corrected chi connectivity index (χ3v) is 5.86. The van der Waals surface area contributed by atoms with Crippen LogP contribution in [0.25, 0.3) is 0 Å². The molecule has 0 bridgehead atoms. The van der Waals surface area contributed by atoms with Crippen molar-refractivity contribution in [1.29, 1.82) is 0 Å². The Hall–Kier alpha value is -0.0400. The van der Waals surface area contributed by atoms with E-state index < -0.39 is 0 Å². The van der Waals surface area contributed by atoms with Crippen LogP contribution in [0.15, 0.2) is 0 Å². The summed E-state index contributed by atoms with van der Waals surface area (Å²) >= 11 is 0. The molecule has 3 rings (SSSR count). The van der Waals surface area contributed by atoms with Gasteiger partial charge in [0.2, 0.25) is 0 Å². The average molecular weight is 222 g/mol. The van der Waals surface area contributed by atoms with Crippen molar-refractivity contribution in [1.82, 2.24) is 0 Å². The van der Waals surface area contributed by atoms with E-state index in [9.17, 15) is 5.11 Å². The molecule has 3 saturated carbocycles. The van der Waals surface area contributed by atoms with Gasteiger partial charge in [-0.25, -0.2) is 0 Å². The van der Waals surface area contributed by atoms with Gasteiger partial charge in [0, 0.05) is 6.61 Å². The van der Waals surface area contributed by atoms with Gasteiger partial charge in [-0.2, -0.15) is 0 Å². The minimum absolute atomic E-state index is 0.428. The van der Waals surface area contributed by atoms with E-state index >= 15 is 0 Å². The van der Waals surface area contributed by atoms with Crippen molar-refractivity contribution in [3.8, 4) is 0 Å². The summed E-state index contributed by atoms with van der Waals surface area (Å²) < 4.78 is 0. The van der Waals surface area contributed by atoms with Crippen LogP contribution in [0.4, 0.5) is 0 Å². The predicted molar refractivity (Wildman–Crippen MR) is 66.1 cm³/mol. The maximum atomic E-state index is 9.31. The lowest BCUT2D eigenvalue weighted by atomic mass is 9.73. The lowest BCUT2D eigenvalue weighted by Crippen LogP contribution is -2.22. The molecule has 0 aromatic carbocycles. The molecule has 0 spiro atoms. The summed E-state index contributed by atoms with van der Waals surface area (Å²) in [5.41, 5.74) is 0. The summed E-state index contributed by atoms with van der Waals surface area (Å²) in [4.78, 5) is 0. The van der Waals surface area contributed by atoms with Crippen molar-refractivity contribution in [2.75, 3.05) is 6.61 Å². The van der Waals surface area contributed by atoms with Gasteiger partial charge >= 0.3 is 0 Å². The molecule has 1 heteroatoms. The average Bonchev–Trinajstić information content (AvgIpc) is 2.66. The molecule has 0 saturated heterocycles. The number of hydrogen-bond acceptors (Lipinski definition) is 1. The molecule has 1 N–H and O–H groups in total. The molecular formula is C15H26O. The largest absolute Gasteiger partial charge is 0.396 e. The molecule has 0 aromatic heterocycles. The highest BCUT2D eigenvalue weighted by Crippen LogP contribution is 2.58. The van der Waals surface area contributed by atoms with Gasteiger partial charge in [0.1, 0.15) is 0 Å². The topological polar surface area (TPSA) is 20.2 Å². The van der Waals surface area contributed by atoms with Crippen LogP contribution in [0.5, 0.6) is 0 Å². The van der Waals surface area contributed by atoms with Gasteiger partial charge in [-0.3, -0.25) is 0 Å². The molecule has 0 aliphatic heterocycles. The number of aliphatic hydroxyl groups is 1. The molecule has 3 fully saturated rings. The molecule has 0 amide bonds. The maximum Gasteiger partial charge on any atom is 0.0433 e. The fourth-order valence-corrected chi connectivity index (χ4v) is 5.40. The molecule has 92 valence electrons. The van der Waals surface area contributed by atoms with Crippen molar-refractivity contribution < 1.29 is 5.11 Å². The quantitative estimate of drug-likeness (QED) is 0.756. The highest BCUT2D eigenvalue weighted by molar-refractivity contribution is 4.99. The second-order valence-electron chi connectivity index (χ2n) is 6.40. The lowest BCUT2D eigenvalue weighted by molar-refractivity contribution is 0.166. The number of rotatable bonds is 2. The highest BCUT2D eigenvalue weighted by Gasteiger charge is 2.50. The van der Waals surface area contributed by atoms with Gasteiger partial charge in [-0.15, -0.1) is 0 Å². The first-order valence-electron chi connectivity index (χ1n) is 7.52. The van der Waals surface area contributed by atoms with E-state index in [1.807, 2.05) is 0 Å². The van der Waals surface area contributed by atoms with Crippen molar-refractivity contribution >= 4 is 0 Å². The Morgan fingerprint density at radius 1 is 0.688 bits per heavy atom. The summed E-state index contributed by atoms with van der Waals surface area (Å²) in [5.74, 6) is 4.98. The summed E-state index contributed by atoms with van der Waals surface area (Å²) in [6.45, 7) is 0.428. The minimum atomic E-state index is 0.428. The molecule has 0 heterocycles. The van der Waals surface area contributed by atoms with Gasteiger partial charge in [0.15, 0.2) is 0 Å². The number of fused-ring (bicyclic) bond motifs is 3. The number of aliphatic hydroxyl groups excluding tert-OH is 1. The first-order valence-corrected chi connectivity index (χ1v) is 7.52. The summed E-state index contributed by atoms with van der Waals surface area (Å²) in [6.07, 6.45) is 13.0. The van der Waals surface area contributed by atoms with Gasteiger partial charge in [0.05, 0.1) is 0 Å². The van der Waals surface area contributed by atoms with Crippen LogP contribution in [-0.2, 0) is 0 Å². The Bertz CT molecular complexity index is 216. The van der Waals surface area contributed by atoms with E-state index in [0.29, 0.717) is 6.61 Å². The second-order valence-corrected chi connectivity index (χ2v) is 6.40. The third-order valence-electron chi connectivity index (χ3n) is 5.86. The van der Waals surface area contributed by atoms with E-state index in [-0.39, 0.29) is 0 Å². The molecule has 0 aromatic rings. The zero-order valence-corrected chi connectivity index (χ0v) is 10.4. The normalized spacial score (nSPS) is 47.4. The fraction of sp³-hybridized carbons (Fsp3) is 1.00. The van der Waals surface area contributed by atoms with E-state index in [2.05, 4.69) is 0 Å². The first-order chi connectivity index (χ1) is 7.92. The van der Waals surface area contributed by atoms with Crippen LogP contribution in [-0.4, -0.2) is 11.7 Å². The van der Waals surface area contributed by atoms with Gasteiger partial charge in [0.25, 0.3) is 0 Å². The predicted octanol–water partition coefficient (Wildman–Crippen LogP) is 3.61. The summed E-state index contributed by atoms with van der Waals surface area (Å²) in [7, 11) is 0. The highest BCUT2D eigenvalue weighted by atomic mass is 16.3. The second kappa shape index (κ2) is 4.68. The Morgan fingerprint density at radius 2 is 1.12 bits per heavy atom. The molecule has 1 nitrogen and oxygen atoms in total. The Labute approximate surface area is 99.6 Å². The monoisotopic (exact) mass is 222 g/mol. The van der Waals surface area contributed by atoms with Crippen LogP contribution in [0.1, 0.15) is 57.8 Å². The standard InChI is InChI=1S/C15H26O/c16-10-9-15-13-7-3-1-5-11(13)12-6-2-4-8-14(12)15/h11-16H,1-10H2. The van der Waals surface area contributed by atoms with Crippen molar-refractivity contribution in [2.45, 2.75) is 57.8 Å². The molecule has 0 radical (unpaired) electrons. The van der Waals surface area contributed by atoms with Crippen LogP contribution in [0.2, 0.25) is 0 Å². The Kier molecular flexibility index (Phi) is 3.24. The number of hydrogen-bond donors (Lipinski definition) is 1. The van der Waals surface area contributed by atoms with E-state index in [4.69, 9.17) is 0 Å². The Balaban J connectivity index is 1.80. The van der Waals surface area contributed by atoms with Gasteiger partial charge in [-0.1, -0.05) is 25.7 Å². The molecule has 4 unspecified atom stereocenters. The van der Waals surface area contributed by atoms with Crippen LogP contribution in [0, 0.1) is 29.6 Å². The first kappa shape index (κ1) is 11.1. The fourth-order valence-electron chi connectivity index (χ4n) is 5.40. The van der Waals surface area contributed by atoms with Crippen LogP contribution < -0.4 is 0 Å². The van der Waals surface area contributed by atoms with Crippen molar-refractivity contribution in [3.63, 3.8) is 0 Å². The smallest absolute Gasteiger partial charge is 0.0433 e. The van der Waals surface area contributed by atoms with Crippen molar-refractivity contribution in [3.05, 3.63) is 0 Å². The maximum absolute atomic E-state index is 9.31. The molecule has 16 heavy (non-hydrogen) atoms. The molecular weight excluding hydrogens is 196 g/mol. The molecule has 4 atom stereocenters. The zero-order chi connectivity index (χ0) is 11.0. The zero-order valence-electron chi connectivity index (χ0n) is 10.4. The van der Waals surface area contributed by atoms with Crippen molar-refractivity contribution in [2.24, 2.45) is 29.6 Å². The lowest BCUT2D eigenvalue weighted by Gasteiger charge is -2.32. The van der Waals surface area contributed by atoms with Gasteiger partial charge in [-0.05, 0) is 61.7 Å². The van der Waals surface area contributed by atoms with E-state index in [0.717, 1.165) is 36.0 Å². The molecule has 3 aliphatic rings.